The van der Waals surface area contributed by atoms with Crippen molar-refractivity contribution in [1.82, 2.24) is 5.32 Å². The van der Waals surface area contributed by atoms with Gasteiger partial charge in [0.1, 0.15) is 5.84 Å². The maximum atomic E-state index is 10.9. The zero-order chi connectivity index (χ0) is 9.14. The molecular weight excluding hydrogens is 162 g/mol. The largest absolute Gasteiger partial charge is 0.467 e. The van der Waals surface area contributed by atoms with E-state index in [1.165, 1.54) is 7.11 Å². The average Bonchev–Trinajstić information content (AvgIpc) is 2.03. The molecule has 6 heteroatoms. The summed E-state index contributed by atoms with van der Waals surface area (Å²) < 4.78 is 4.35. The van der Waals surface area contributed by atoms with Gasteiger partial charge in [-0.1, -0.05) is 0 Å². The molecule has 2 N–H and O–H groups in total. The molecule has 6 nitrogen and oxygen atoms in total. The van der Waals surface area contributed by atoms with Crippen LogP contribution in [0, 0.1) is 5.41 Å². The summed E-state index contributed by atoms with van der Waals surface area (Å²) in [5.41, 5.74) is 0. The second-order valence-electron chi connectivity index (χ2n) is 2.11. The van der Waals surface area contributed by atoms with E-state index in [0.717, 1.165) is 6.21 Å². The lowest BCUT2D eigenvalue weighted by Gasteiger charge is -2.14. The lowest BCUT2D eigenvalue weighted by atomic mass is 10.2. The fourth-order valence-electron chi connectivity index (χ4n) is 0.740. The van der Waals surface area contributed by atoms with E-state index >= 15 is 0 Å². The summed E-state index contributed by atoms with van der Waals surface area (Å²) in [5, 5.41) is 9.30. The number of amidine groups is 1. The van der Waals surface area contributed by atoms with Gasteiger partial charge >= 0.3 is 5.97 Å². The normalized spacial score (nSPS) is 21.9. The summed E-state index contributed by atoms with van der Waals surface area (Å²) in [7, 11) is 1.20. The predicted molar refractivity (Wildman–Crippen MR) is 40.2 cm³/mol. The minimum absolute atomic E-state index is 0.255. The number of rotatable bonds is 1. The first kappa shape index (κ1) is 8.38. The molecule has 1 atom stereocenters. The molecular formula is C6H7N3O3. The highest BCUT2D eigenvalue weighted by atomic mass is 16.5. The van der Waals surface area contributed by atoms with Gasteiger partial charge in [0, 0.05) is 0 Å². The van der Waals surface area contributed by atoms with Crippen molar-refractivity contribution in [2.75, 3.05) is 7.11 Å². The van der Waals surface area contributed by atoms with Crippen LogP contribution in [-0.4, -0.2) is 37.1 Å². The van der Waals surface area contributed by atoms with Crippen molar-refractivity contribution in [3.8, 4) is 0 Å². The van der Waals surface area contributed by atoms with Crippen LogP contribution in [0.3, 0.4) is 0 Å². The first-order valence-corrected chi connectivity index (χ1v) is 3.15. The standard InChI is InChI=1S/C6H7N3O3/c1-12-6(11)4-5(7)9-3(10)2-8-4/h2,4H,1H3,(H2,7,9,10). The first-order valence-electron chi connectivity index (χ1n) is 3.15. The maximum absolute atomic E-state index is 10.9. The van der Waals surface area contributed by atoms with Gasteiger partial charge in [0.25, 0.3) is 5.91 Å². The molecule has 1 amide bonds. The topological polar surface area (TPSA) is 91.6 Å². The van der Waals surface area contributed by atoms with Crippen LogP contribution < -0.4 is 5.32 Å². The molecule has 0 fully saturated rings. The molecule has 1 aliphatic rings. The van der Waals surface area contributed by atoms with Gasteiger partial charge in [-0.2, -0.15) is 0 Å². The number of esters is 1. The number of nitrogens with one attached hydrogen (secondary N) is 2. The highest BCUT2D eigenvalue weighted by Crippen LogP contribution is 1.97. The van der Waals surface area contributed by atoms with Crippen molar-refractivity contribution in [3.63, 3.8) is 0 Å². The summed E-state index contributed by atoms with van der Waals surface area (Å²) in [4.78, 5) is 25.0. The van der Waals surface area contributed by atoms with Gasteiger partial charge in [-0.05, 0) is 0 Å². The van der Waals surface area contributed by atoms with Gasteiger partial charge in [0.2, 0.25) is 6.04 Å². The van der Waals surface area contributed by atoms with Gasteiger partial charge < -0.3 is 10.1 Å². The molecule has 0 bridgehead atoms. The number of ether oxygens (including phenoxy) is 1. The number of carbonyl (C=O) groups excluding carboxylic acids is 2. The fraction of sp³-hybridized carbons (Fsp3) is 0.333. The average molecular weight is 169 g/mol. The molecule has 0 aromatic carbocycles. The van der Waals surface area contributed by atoms with E-state index in [2.05, 4.69) is 15.0 Å². The number of carbonyl (C=O) groups is 2. The Morgan fingerprint density at radius 2 is 2.50 bits per heavy atom. The van der Waals surface area contributed by atoms with Crippen molar-refractivity contribution < 1.29 is 14.3 Å². The van der Waals surface area contributed by atoms with Crippen LogP contribution in [0.1, 0.15) is 0 Å². The maximum Gasteiger partial charge on any atom is 0.338 e. The summed E-state index contributed by atoms with van der Waals surface area (Å²) in [6.45, 7) is 0. The number of hydrogen-bond donors (Lipinski definition) is 2. The van der Waals surface area contributed by atoms with Crippen LogP contribution in [0.25, 0.3) is 0 Å². The van der Waals surface area contributed by atoms with E-state index in [0.29, 0.717) is 0 Å². The Hall–Kier alpha value is -1.72. The van der Waals surface area contributed by atoms with E-state index < -0.39 is 17.9 Å². The van der Waals surface area contributed by atoms with E-state index in [9.17, 15) is 9.59 Å². The predicted octanol–water partition coefficient (Wildman–Crippen LogP) is -1.29. The lowest BCUT2D eigenvalue weighted by molar-refractivity contribution is -0.140. The zero-order valence-corrected chi connectivity index (χ0v) is 6.33. The van der Waals surface area contributed by atoms with E-state index in [4.69, 9.17) is 5.41 Å². The van der Waals surface area contributed by atoms with E-state index in [1.54, 1.807) is 0 Å². The summed E-state index contributed by atoms with van der Waals surface area (Å²) in [6.07, 6.45) is 0.958. The molecule has 1 heterocycles. The minimum atomic E-state index is -1.02. The molecule has 0 aromatic rings. The smallest absolute Gasteiger partial charge is 0.338 e. The Morgan fingerprint density at radius 1 is 1.83 bits per heavy atom. The van der Waals surface area contributed by atoms with E-state index in [-0.39, 0.29) is 5.84 Å². The monoisotopic (exact) mass is 169 g/mol. The lowest BCUT2D eigenvalue weighted by Crippen LogP contribution is -2.46. The second-order valence-corrected chi connectivity index (χ2v) is 2.11. The molecule has 0 saturated heterocycles. The summed E-state index contributed by atoms with van der Waals surface area (Å²) >= 11 is 0. The number of methoxy groups -OCH3 is 1. The third-order valence-corrected chi connectivity index (χ3v) is 1.30. The van der Waals surface area contributed by atoms with Crippen LogP contribution in [0.2, 0.25) is 0 Å². The van der Waals surface area contributed by atoms with Crippen LogP contribution in [-0.2, 0) is 14.3 Å². The molecule has 0 radical (unpaired) electrons. The van der Waals surface area contributed by atoms with Crippen molar-refractivity contribution in [3.05, 3.63) is 0 Å². The number of aliphatic imine (C=N–C) groups is 1. The Labute approximate surface area is 68.1 Å². The second kappa shape index (κ2) is 3.12. The van der Waals surface area contributed by atoms with Gasteiger partial charge in [0.05, 0.1) is 13.3 Å². The molecule has 0 spiro atoms. The molecule has 64 valence electrons. The van der Waals surface area contributed by atoms with Crippen LogP contribution in [0.5, 0.6) is 0 Å². The van der Waals surface area contributed by atoms with Crippen LogP contribution in [0.4, 0.5) is 0 Å². The van der Waals surface area contributed by atoms with Crippen LogP contribution in [0.15, 0.2) is 4.99 Å². The Bertz CT molecular complexity index is 271. The zero-order valence-electron chi connectivity index (χ0n) is 6.33. The SMILES string of the molecule is COC(=O)C1N=CC(=O)NC1=N. The van der Waals surface area contributed by atoms with Gasteiger partial charge in [0.15, 0.2) is 0 Å². The fourth-order valence-corrected chi connectivity index (χ4v) is 0.740. The van der Waals surface area contributed by atoms with Crippen molar-refractivity contribution in [2.24, 2.45) is 4.99 Å². The minimum Gasteiger partial charge on any atom is -0.467 e. The van der Waals surface area contributed by atoms with Crippen molar-refractivity contribution >= 4 is 23.9 Å². The van der Waals surface area contributed by atoms with Gasteiger partial charge in [-0.3, -0.25) is 15.2 Å². The third-order valence-electron chi connectivity index (χ3n) is 1.30. The highest BCUT2D eigenvalue weighted by Gasteiger charge is 2.27. The third kappa shape index (κ3) is 1.47. The molecule has 0 aromatic heterocycles. The molecule has 1 aliphatic heterocycles. The quantitative estimate of drug-likeness (QED) is 0.478. The Morgan fingerprint density at radius 3 is 3.00 bits per heavy atom. The Kier molecular flexibility index (Phi) is 2.18. The molecule has 1 rings (SSSR count). The summed E-state index contributed by atoms with van der Waals surface area (Å²) in [6, 6.07) is -1.02. The number of amides is 1. The van der Waals surface area contributed by atoms with Crippen LogP contribution >= 0.6 is 0 Å². The first-order chi connectivity index (χ1) is 5.65. The molecule has 0 saturated carbocycles. The van der Waals surface area contributed by atoms with Gasteiger partial charge in [-0.15, -0.1) is 0 Å². The highest BCUT2D eigenvalue weighted by molar-refractivity contribution is 6.34. The van der Waals surface area contributed by atoms with E-state index in [1.807, 2.05) is 0 Å². The molecule has 0 aliphatic carbocycles. The number of hydrogen-bond acceptors (Lipinski definition) is 5. The van der Waals surface area contributed by atoms with Crippen molar-refractivity contribution in [1.29, 1.82) is 5.41 Å². The molecule has 1 unspecified atom stereocenters. The summed E-state index contributed by atoms with van der Waals surface area (Å²) in [5.74, 6) is -1.41. The van der Waals surface area contributed by atoms with Gasteiger partial charge in [-0.25, -0.2) is 4.79 Å². The molecule has 12 heavy (non-hydrogen) atoms. The Balaban J connectivity index is 2.79. The van der Waals surface area contributed by atoms with Crippen molar-refractivity contribution in [2.45, 2.75) is 6.04 Å². The number of nitrogens with zero attached hydrogens (tertiary/aromatic N) is 1.